The summed E-state index contributed by atoms with van der Waals surface area (Å²) in [5.41, 5.74) is 1.74. The van der Waals surface area contributed by atoms with Crippen LogP contribution in [0.25, 0.3) is 10.9 Å². The number of hydrogen-bond acceptors (Lipinski definition) is 5. The third-order valence-electron chi connectivity index (χ3n) is 5.90. The van der Waals surface area contributed by atoms with Crippen molar-refractivity contribution in [3.8, 4) is 17.6 Å². The number of ketones is 1. The molecule has 1 fully saturated rings. The van der Waals surface area contributed by atoms with Crippen LogP contribution in [-0.4, -0.2) is 47.6 Å². The Morgan fingerprint density at radius 2 is 1.81 bits per heavy atom. The van der Waals surface area contributed by atoms with Crippen molar-refractivity contribution in [2.45, 2.75) is 38.8 Å². The zero-order valence-corrected chi connectivity index (χ0v) is 18.5. The Labute approximate surface area is 189 Å². The van der Waals surface area contributed by atoms with E-state index >= 15 is 0 Å². The summed E-state index contributed by atoms with van der Waals surface area (Å²) in [4.78, 5) is 15.3. The third-order valence-corrected chi connectivity index (χ3v) is 5.90. The highest BCUT2D eigenvalue weighted by molar-refractivity contribution is 6.09. The first-order valence-corrected chi connectivity index (χ1v) is 11.3. The minimum Gasteiger partial charge on any atom is -0.490 e. The number of benzene rings is 2. The molecule has 0 unspecified atom stereocenters. The number of carbonyl (C=O) groups excluding carboxylic acids is 1. The van der Waals surface area contributed by atoms with Crippen molar-refractivity contribution in [3.63, 3.8) is 0 Å². The summed E-state index contributed by atoms with van der Waals surface area (Å²) in [6, 6.07) is 17.9. The molecule has 0 atom stereocenters. The molecule has 1 saturated heterocycles. The number of nitrogens with zero attached hydrogens (tertiary/aromatic N) is 3. The fourth-order valence-corrected chi connectivity index (χ4v) is 4.30. The molecule has 1 aromatic heterocycles. The first-order chi connectivity index (χ1) is 15.7. The van der Waals surface area contributed by atoms with E-state index in [4.69, 9.17) is 14.7 Å². The van der Waals surface area contributed by atoms with E-state index in [1.165, 1.54) is 0 Å². The first-order valence-electron chi connectivity index (χ1n) is 11.3. The van der Waals surface area contributed by atoms with Crippen LogP contribution in [0.5, 0.6) is 11.5 Å². The molecule has 2 heterocycles. The molecule has 166 valence electrons. The number of fused-ring (bicyclic) bond motifs is 1. The lowest BCUT2D eigenvalue weighted by Crippen LogP contribution is -2.40. The number of ether oxygens (including phenoxy) is 2. The van der Waals surface area contributed by atoms with E-state index in [9.17, 15) is 4.79 Å². The van der Waals surface area contributed by atoms with Crippen LogP contribution in [0.3, 0.4) is 0 Å². The van der Waals surface area contributed by atoms with Crippen molar-refractivity contribution < 1.29 is 14.3 Å². The van der Waals surface area contributed by atoms with Gasteiger partial charge in [0.25, 0.3) is 0 Å². The number of hydrogen-bond donors (Lipinski definition) is 0. The quantitative estimate of drug-likeness (QED) is 0.460. The fraction of sp³-hybridized carbons (Fsp3) is 0.385. The summed E-state index contributed by atoms with van der Waals surface area (Å²) in [7, 11) is 0. The van der Waals surface area contributed by atoms with Gasteiger partial charge in [0.1, 0.15) is 6.10 Å². The highest BCUT2D eigenvalue weighted by Crippen LogP contribution is 2.29. The molecule has 6 nitrogen and oxygen atoms in total. The van der Waals surface area contributed by atoms with Gasteiger partial charge in [0.15, 0.2) is 17.3 Å². The summed E-state index contributed by atoms with van der Waals surface area (Å²) >= 11 is 0. The molecule has 0 spiro atoms. The van der Waals surface area contributed by atoms with Crippen LogP contribution in [-0.2, 0) is 6.54 Å². The average Bonchev–Trinajstić information content (AvgIpc) is 3.19. The van der Waals surface area contributed by atoms with E-state index in [1.54, 1.807) is 0 Å². The van der Waals surface area contributed by atoms with E-state index < -0.39 is 0 Å². The van der Waals surface area contributed by atoms with Crippen molar-refractivity contribution >= 4 is 16.7 Å². The lowest BCUT2D eigenvalue weighted by atomic mass is 10.1. The predicted molar refractivity (Wildman–Crippen MR) is 124 cm³/mol. The van der Waals surface area contributed by atoms with E-state index in [2.05, 4.69) is 11.0 Å². The lowest BCUT2D eigenvalue weighted by molar-refractivity contribution is 0.0782. The minimum atomic E-state index is 0.121. The summed E-state index contributed by atoms with van der Waals surface area (Å²) in [6.45, 7) is 5.20. The molecule has 1 aliphatic heterocycles. The van der Waals surface area contributed by atoms with Crippen LogP contribution in [0.1, 0.15) is 36.5 Å². The number of para-hydroxylation sites is 3. The molecule has 2 aromatic carbocycles. The molecular formula is C26H29N3O3. The number of piperidine rings is 1. The number of aryl methyl sites for hydroxylation is 1. The number of aromatic nitrogens is 1. The second kappa shape index (κ2) is 10.3. The van der Waals surface area contributed by atoms with E-state index in [1.807, 2.05) is 66.2 Å². The average molecular weight is 432 g/mol. The van der Waals surface area contributed by atoms with Gasteiger partial charge in [-0.15, -0.1) is 0 Å². The molecule has 0 aliphatic carbocycles. The Morgan fingerprint density at radius 1 is 1.09 bits per heavy atom. The van der Waals surface area contributed by atoms with Gasteiger partial charge in [-0.05, 0) is 38.0 Å². The van der Waals surface area contributed by atoms with E-state index in [-0.39, 0.29) is 11.9 Å². The fourth-order valence-electron chi connectivity index (χ4n) is 4.30. The maximum atomic E-state index is 13.1. The molecule has 1 aliphatic rings. The zero-order chi connectivity index (χ0) is 22.3. The van der Waals surface area contributed by atoms with Crippen molar-refractivity contribution in [1.82, 2.24) is 9.47 Å². The van der Waals surface area contributed by atoms with Gasteiger partial charge in [0, 0.05) is 42.3 Å². The van der Waals surface area contributed by atoms with Crippen LogP contribution in [0.2, 0.25) is 0 Å². The topological polar surface area (TPSA) is 67.5 Å². The van der Waals surface area contributed by atoms with E-state index in [0.29, 0.717) is 26.1 Å². The van der Waals surface area contributed by atoms with Crippen molar-refractivity contribution in [2.24, 2.45) is 0 Å². The van der Waals surface area contributed by atoms with Crippen molar-refractivity contribution in [1.29, 1.82) is 5.26 Å². The number of Topliss-reactive ketones (excluding diaryl/α,β-unsaturated/α-hetero) is 1. The van der Waals surface area contributed by atoms with Gasteiger partial charge in [-0.1, -0.05) is 30.3 Å². The molecule has 32 heavy (non-hydrogen) atoms. The Hall–Kier alpha value is -3.30. The second-order valence-corrected chi connectivity index (χ2v) is 8.06. The molecular weight excluding hydrogens is 402 g/mol. The standard InChI is InChI=1S/C26H29N3O3/c1-2-31-25-10-5-6-11-26(25)32-20-12-16-28(17-13-20)19-24(30)22-18-29(15-7-14-27)23-9-4-3-8-21(22)23/h3-6,8-11,18,20H,2,7,12-13,15-17,19H2,1H3. The van der Waals surface area contributed by atoms with Gasteiger partial charge in [-0.2, -0.15) is 5.26 Å². The third kappa shape index (κ3) is 4.95. The molecule has 6 heteroatoms. The number of rotatable bonds is 9. The summed E-state index contributed by atoms with van der Waals surface area (Å²) < 4.78 is 13.9. The van der Waals surface area contributed by atoms with Gasteiger partial charge < -0.3 is 14.0 Å². The highest BCUT2D eigenvalue weighted by Gasteiger charge is 2.24. The van der Waals surface area contributed by atoms with Crippen molar-refractivity contribution in [2.75, 3.05) is 26.2 Å². The molecule has 4 rings (SSSR count). The number of likely N-dealkylation sites (tertiary alicyclic amines) is 1. The van der Waals surface area contributed by atoms with Gasteiger partial charge in [0.2, 0.25) is 0 Å². The Bertz CT molecular complexity index is 1110. The molecule has 0 radical (unpaired) electrons. The predicted octanol–water partition coefficient (Wildman–Crippen LogP) is 4.68. The molecule has 0 saturated carbocycles. The van der Waals surface area contributed by atoms with Gasteiger partial charge >= 0.3 is 0 Å². The second-order valence-electron chi connectivity index (χ2n) is 8.06. The van der Waals surface area contributed by atoms with Crippen LogP contribution < -0.4 is 9.47 Å². The smallest absolute Gasteiger partial charge is 0.178 e. The minimum absolute atomic E-state index is 0.121. The van der Waals surface area contributed by atoms with Crippen LogP contribution in [0, 0.1) is 11.3 Å². The monoisotopic (exact) mass is 431 g/mol. The van der Waals surface area contributed by atoms with E-state index in [0.717, 1.165) is 53.9 Å². The van der Waals surface area contributed by atoms with Gasteiger partial charge in [-0.3, -0.25) is 9.69 Å². The number of carbonyl (C=O) groups is 1. The van der Waals surface area contributed by atoms with Crippen LogP contribution >= 0.6 is 0 Å². The molecule has 0 bridgehead atoms. The Balaban J connectivity index is 1.37. The SMILES string of the molecule is CCOc1ccccc1OC1CCN(CC(=O)c2cn(CCC#N)c3ccccc23)CC1. The van der Waals surface area contributed by atoms with Crippen molar-refractivity contribution in [3.05, 3.63) is 60.3 Å². The largest absolute Gasteiger partial charge is 0.490 e. The van der Waals surface area contributed by atoms with Crippen LogP contribution in [0.4, 0.5) is 0 Å². The summed E-state index contributed by atoms with van der Waals surface area (Å²) in [6.07, 6.45) is 4.20. The lowest BCUT2D eigenvalue weighted by Gasteiger charge is -2.32. The van der Waals surface area contributed by atoms with Crippen LogP contribution in [0.15, 0.2) is 54.7 Å². The Morgan fingerprint density at radius 3 is 2.56 bits per heavy atom. The highest BCUT2D eigenvalue weighted by atomic mass is 16.5. The Kier molecular flexibility index (Phi) is 7.08. The molecule has 0 amide bonds. The van der Waals surface area contributed by atoms with Gasteiger partial charge in [0.05, 0.1) is 25.6 Å². The maximum Gasteiger partial charge on any atom is 0.178 e. The maximum absolute atomic E-state index is 13.1. The molecule has 0 N–H and O–H groups in total. The summed E-state index contributed by atoms with van der Waals surface area (Å²) in [5.74, 6) is 1.69. The molecule has 3 aromatic rings. The zero-order valence-electron chi connectivity index (χ0n) is 18.5. The van der Waals surface area contributed by atoms with Gasteiger partial charge in [-0.25, -0.2) is 0 Å². The summed E-state index contributed by atoms with van der Waals surface area (Å²) in [5, 5.41) is 9.89. The normalized spacial score (nSPS) is 14.9. The number of nitriles is 1. The first kappa shape index (κ1) is 21.9.